The van der Waals surface area contributed by atoms with E-state index in [1.165, 1.54) is 12.3 Å². The van der Waals surface area contributed by atoms with E-state index >= 15 is 0 Å². The first-order valence-electron chi connectivity index (χ1n) is 10.6. The lowest BCUT2D eigenvalue weighted by Gasteiger charge is -2.27. The number of nitrogens with zero attached hydrogens (tertiary/aromatic N) is 3. The molecule has 1 saturated heterocycles. The van der Waals surface area contributed by atoms with Gasteiger partial charge in [0.15, 0.2) is 5.69 Å². The summed E-state index contributed by atoms with van der Waals surface area (Å²) in [6.45, 7) is 9.60. The molecule has 1 aliphatic heterocycles. The Morgan fingerprint density at radius 1 is 1.30 bits per heavy atom. The molecule has 8 heteroatoms. The zero-order valence-corrected chi connectivity index (χ0v) is 17.8. The Morgan fingerprint density at radius 2 is 2.07 bits per heavy atom. The van der Waals surface area contributed by atoms with E-state index in [4.69, 9.17) is 9.15 Å². The maximum absolute atomic E-state index is 14.1. The summed E-state index contributed by atoms with van der Waals surface area (Å²) < 4.78 is 25.0. The molecular formula is C22H31FN4O3. The van der Waals surface area contributed by atoms with E-state index in [1.807, 2.05) is 6.07 Å². The number of nitrogens with one attached hydrogen (secondary N) is 1. The number of hydrogen-bond donors (Lipinski definition) is 1. The molecule has 1 atom stereocenters. The van der Waals surface area contributed by atoms with Crippen LogP contribution in [-0.4, -0.2) is 66.1 Å². The third-order valence-electron chi connectivity index (χ3n) is 5.49. The SMILES string of the molecule is CCC(C)N(Cc1nc(C(=O)NCCN2CCOCC2)co1)Cc1ccccc1F. The maximum atomic E-state index is 14.1. The maximum Gasteiger partial charge on any atom is 0.273 e. The van der Waals surface area contributed by atoms with E-state index in [-0.39, 0.29) is 23.5 Å². The molecule has 2 aromatic rings. The van der Waals surface area contributed by atoms with Crippen LogP contribution in [0.2, 0.25) is 0 Å². The van der Waals surface area contributed by atoms with Crippen molar-refractivity contribution in [3.63, 3.8) is 0 Å². The van der Waals surface area contributed by atoms with Crippen molar-refractivity contribution in [2.45, 2.75) is 39.4 Å². The van der Waals surface area contributed by atoms with Gasteiger partial charge in [-0.05, 0) is 19.4 Å². The number of carbonyl (C=O) groups is 1. The summed E-state index contributed by atoms with van der Waals surface area (Å²) >= 11 is 0. The molecule has 1 aromatic heterocycles. The normalized spacial score (nSPS) is 16.0. The van der Waals surface area contributed by atoms with E-state index in [9.17, 15) is 9.18 Å². The van der Waals surface area contributed by atoms with E-state index in [0.717, 1.165) is 39.3 Å². The zero-order valence-electron chi connectivity index (χ0n) is 17.8. The largest absolute Gasteiger partial charge is 0.447 e. The molecule has 3 rings (SSSR count). The summed E-state index contributed by atoms with van der Waals surface area (Å²) in [5.74, 6) is -0.0223. The monoisotopic (exact) mass is 418 g/mol. The van der Waals surface area contributed by atoms with Gasteiger partial charge in [-0.15, -0.1) is 0 Å². The first-order chi connectivity index (χ1) is 14.6. The highest BCUT2D eigenvalue weighted by atomic mass is 19.1. The van der Waals surface area contributed by atoms with E-state index in [0.29, 0.717) is 31.1 Å². The number of amides is 1. The number of carbonyl (C=O) groups excluding carboxylic acids is 1. The van der Waals surface area contributed by atoms with Gasteiger partial charge in [-0.25, -0.2) is 9.37 Å². The van der Waals surface area contributed by atoms with Gasteiger partial charge in [-0.1, -0.05) is 25.1 Å². The Hall–Kier alpha value is -2.29. The summed E-state index contributed by atoms with van der Waals surface area (Å²) in [7, 11) is 0. The van der Waals surface area contributed by atoms with Crippen molar-refractivity contribution < 1.29 is 18.3 Å². The van der Waals surface area contributed by atoms with Crippen LogP contribution in [0.25, 0.3) is 0 Å². The zero-order chi connectivity index (χ0) is 21.3. The van der Waals surface area contributed by atoms with Gasteiger partial charge in [0.2, 0.25) is 5.89 Å². The standard InChI is InChI=1S/C22H31FN4O3/c1-3-17(2)27(14-18-6-4-5-7-19(18)23)15-21-25-20(16-30-21)22(28)24-8-9-26-10-12-29-13-11-26/h4-7,16-17H,3,8-15H2,1-2H3,(H,24,28). The lowest BCUT2D eigenvalue weighted by atomic mass is 10.1. The Labute approximate surface area is 177 Å². The first kappa shape index (κ1) is 22.4. The van der Waals surface area contributed by atoms with Gasteiger partial charge in [0.1, 0.15) is 12.1 Å². The number of morpholine rings is 1. The lowest BCUT2D eigenvalue weighted by molar-refractivity contribution is 0.0383. The number of aromatic nitrogens is 1. The number of halogens is 1. The fraction of sp³-hybridized carbons (Fsp3) is 0.545. The molecular weight excluding hydrogens is 387 g/mol. The van der Waals surface area contributed by atoms with Crippen LogP contribution in [-0.2, 0) is 17.8 Å². The summed E-state index contributed by atoms with van der Waals surface area (Å²) in [5, 5.41) is 2.89. The Bertz CT molecular complexity index is 807. The predicted octanol–water partition coefficient (Wildman–Crippen LogP) is 2.68. The van der Waals surface area contributed by atoms with Gasteiger partial charge in [0, 0.05) is 44.3 Å². The average molecular weight is 419 g/mol. The minimum atomic E-state index is -0.248. The summed E-state index contributed by atoms with van der Waals surface area (Å²) in [6.07, 6.45) is 2.29. The van der Waals surface area contributed by atoms with Crippen molar-refractivity contribution in [3.8, 4) is 0 Å². The van der Waals surface area contributed by atoms with Crippen molar-refractivity contribution >= 4 is 5.91 Å². The van der Waals surface area contributed by atoms with Gasteiger partial charge in [-0.2, -0.15) is 0 Å². The fourth-order valence-electron chi connectivity index (χ4n) is 3.38. The minimum absolute atomic E-state index is 0.210. The van der Waals surface area contributed by atoms with Crippen LogP contribution >= 0.6 is 0 Å². The molecule has 2 heterocycles. The molecule has 0 saturated carbocycles. The molecule has 0 radical (unpaired) electrons. The molecule has 1 aliphatic rings. The quantitative estimate of drug-likeness (QED) is 0.640. The third-order valence-corrected chi connectivity index (χ3v) is 5.49. The van der Waals surface area contributed by atoms with Gasteiger partial charge in [-0.3, -0.25) is 14.6 Å². The van der Waals surface area contributed by atoms with E-state index < -0.39 is 0 Å². The predicted molar refractivity (Wildman–Crippen MR) is 111 cm³/mol. The van der Waals surface area contributed by atoms with Crippen LogP contribution in [0, 0.1) is 5.82 Å². The number of oxazole rings is 1. The second-order valence-corrected chi connectivity index (χ2v) is 7.59. The fourth-order valence-corrected chi connectivity index (χ4v) is 3.38. The first-order valence-corrected chi connectivity index (χ1v) is 10.6. The molecule has 0 aliphatic carbocycles. The van der Waals surface area contributed by atoms with Crippen LogP contribution in [0.4, 0.5) is 4.39 Å². The summed E-state index contributed by atoms with van der Waals surface area (Å²) in [4.78, 5) is 21.1. The van der Waals surface area contributed by atoms with Crippen LogP contribution in [0.3, 0.4) is 0 Å². The number of hydrogen-bond acceptors (Lipinski definition) is 6. The Balaban J connectivity index is 1.54. The van der Waals surface area contributed by atoms with Gasteiger partial charge < -0.3 is 14.5 Å². The lowest BCUT2D eigenvalue weighted by Crippen LogP contribution is -2.41. The second kappa shape index (κ2) is 11.2. The molecule has 0 bridgehead atoms. The molecule has 1 amide bonds. The highest BCUT2D eigenvalue weighted by molar-refractivity contribution is 5.91. The molecule has 7 nitrogen and oxygen atoms in total. The highest BCUT2D eigenvalue weighted by Crippen LogP contribution is 2.17. The Kier molecular flexibility index (Phi) is 8.36. The molecule has 0 spiro atoms. The van der Waals surface area contributed by atoms with Crippen LogP contribution < -0.4 is 5.32 Å². The third kappa shape index (κ3) is 6.35. The number of ether oxygens (including phenoxy) is 1. The van der Waals surface area contributed by atoms with Crippen LogP contribution in [0.15, 0.2) is 34.9 Å². The molecule has 1 unspecified atom stereocenters. The van der Waals surface area contributed by atoms with E-state index in [2.05, 4.69) is 33.9 Å². The topological polar surface area (TPSA) is 70.8 Å². The Morgan fingerprint density at radius 3 is 2.80 bits per heavy atom. The molecule has 164 valence electrons. The highest BCUT2D eigenvalue weighted by Gasteiger charge is 2.19. The number of benzene rings is 1. The van der Waals surface area contributed by atoms with Crippen LogP contribution in [0.1, 0.15) is 42.2 Å². The molecule has 1 aromatic carbocycles. The smallest absolute Gasteiger partial charge is 0.273 e. The van der Waals surface area contributed by atoms with Gasteiger partial charge in [0.25, 0.3) is 5.91 Å². The second-order valence-electron chi connectivity index (χ2n) is 7.59. The van der Waals surface area contributed by atoms with Crippen molar-refractivity contribution in [2.24, 2.45) is 0 Å². The summed E-state index contributed by atoms with van der Waals surface area (Å²) in [6, 6.07) is 6.98. The van der Waals surface area contributed by atoms with Crippen LogP contribution in [0.5, 0.6) is 0 Å². The van der Waals surface area contributed by atoms with Gasteiger partial charge >= 0.3 is 0 Å². The van der Waals surface area contributed by atoms with Crippen molar-refractivity contribution in [2.75, 3.05) is 39.4 Å². The number of rotatable bonds is 10. The molecule has 1 N–H and O–H groups in total. The van der Waals surface area contributed by atoms with Crippen molar-refractivity contribution in [3.05, 3.63) is 53.5 Å². The average Bonchev–Trinajstić information content (AvgIpc) is 3.23. The molecule has 30 heavy (non-hydrogen) atoms. The minimum Gasteiger partial charge on any atom is -0.447 e. The molecule has 1 fully saturated rings. The van der Waals surface area contributed by atoms with Crippen molar-refractivity contribution in [1.82, 2.24) is 20.1 Å². The van der Waals surface area contributed by atoms with Gasteiger partial charge in [0.05, 0.1) is 19.8 Å². The van der Waals surface area contributed by atoms with Crippen molar-refractivity contribution in [1.29, 1.82) is 0 Å². The van der Waals surface area contributed by atoms with E-state index in [1.54, 1.807) is 12.1 Å². The summed E-state index contributed by atoms with van der Waals surface area (Å²) in [5.41, 5.74) is 0.896.